The van der Waals surface area contributed by atoms with Crippen LogP contribution in [0.4, 0.5) is 0 Å². The summed E-state index contributed by atoms with van der Waals surface area (Å²) in [6, 6.07) is 0.448. The van der Waals surface area contributed by atoms with E-state index in [-0.39, 0.29) is 13.2 Å². The molecule has 2 aromatic heterocycles. The number of H-pyrrole nitrogens is 1. The van der Waals surface area contributed by atoms with Crippen molar-refractivity contribution in [2.45, 2.75) is 51.7 Å². The number of amides is 1. The van der Waals surface area contributed by atoms with E-state index < -0.39 is 41.5 Å². The molecule has 28 heavy (non-hydrogen) atoms. The van der Waals surface area contributed by atoms with Gasteiger partial charge in [0.25, 0.3) is 11.5 Å². The maximum Gasteiger partial charge on any atom is 0.328 e. The molecule has 4 N–H and O–H groups in total. The highest BCUT2D eigenvalue weighted by Crippen LogP contribution is 2.20. The number of carbonyl (C=O) groups is 1. The number of aromatic amines is 1. The fourth-order valence-electron chi connectivity index (χ4n) is 3.19. The zero-order valence-electron chi connectivity index (χ0n) is 15.6. The SMILES string of the molecule is Cc1nc(C)c(C(=O)N[C@@H]2CO[C@H](Cn3c(C)cc(=O)[nH]c3=O)[C@@H](O)[C@H]2O)s1. The van der Waals surface area contributed by atoms with Gasteiger partial charge in [0.05, 0.1) is 29.9 Å². The van der Waals surface area contributed by atoms with Crippen LogP contribution in [-0.2, 0) is 11.3 Å². The second-order valence-electron chi connectivity index (χ2n) is 6.77. The van der Waals surface area contributed by atoms with Gasteiger partial charge < -0.3 is 20.3 Å². The molecule has 3 rings (SSSR count). The zero-order chi connectivity index (χ0) is 20.6. The minimum Gasteiger partial charge on any atom is -0.388 e. The summed E-state index contributed by atoms with van der Waals surface area (Å²) in [5.74, 6) is -0.394. The Morgan fingerprint density at radius 3 is 2.68 bits per heavy atom. The average molecular weight is 410 g/mol. The molecule has 0 spiro atoms. The van der Waals surface area contributed by atoms with Crippen molar-refractivity contribution in [1.29, 1.82) is 0 Å². The second-order valence-corrected chi connectivity index (χ2v) is 7.97. The molecule has 1 aliphatic rings. The number of aromatic nitrogens is 3. The number of thiazole rings is 1. The number of nitrogens with one attached hydrogen (secondary N) is 2. The van der Waals surface area contributed by atoms with Crippen molar-refractivity contribution in [2.75, 3.05) is 6.61 Å². The van der Waals surface area contributed by atoms with Crippen LogP contribution < -0.4 is 16.6 Å². The lowest BCUT2D eigenvalue weighted by Gasteiger charge is -2.38. The van der Waals surface area contributed by atoms with Gasteiger partial charge in [-0.15, -0.1) is 11.3 Å². The molecule has 0 unspecified atom stereocenters. The average Bonchev–Trinajstić information content (AvgIpc) is 2.95. The summed E-state index contributed by atoms with van der Waals surface area (Å²) < 4.78 is 6.86. The Hall–Kier alpha value is -2.34. The molecule has 3 heterocycles. The predicted octanol–water partition coefficient (Wildman–Crippen LogP) is -1.16. The highest BCUT2D eigenvalue weighted by atomic mass is 32.1. The number of carbonyl (C=O) groups excluding carboxylic acids is 1. The fourth-order valence-corrected chi connectivity index (χ4v) is 4.01. The zero-order valence-corrected chi connectivity index (χ0v) is 16.4. The molecular formula is C17H22N4O6S. The quantitative estimate of drug-likeness (QED) is 0.497. The van der Waals surface area contributed by atoms with Gasteiger partial charge in [0.1, 0.15) is 23.2 Å². The monoisotopic (exact) mass is 410 g/mol. The maximum atomic E-state index is 12.4. The van der Waals surface area contributed by atoms with Gasteiger partial charge in [-0.3, -0.25) is 19.1 Å². The second kappa shape index (κ2) is 7.95. The molecule has 4 atom stereocenters. The van der Waals surface area contributed by atoms with Crippen LogP contribution in [0.25, 0.3) is 0 Å². The summed E-state index contributed by atoms with van der Waals surface area (Å²) in [4.78, 5) is 42.5. The molecule has 1 aliphatic heterocycles. The van der Waals surface area contributed by atoms with E-state index in [0.29, 0.717) is 16.3 Å². The third kappa shape index (κ3) is 4.07. The summed E-state index contributed by atoms with van der Waals surface area (Å²) in [5.41, 5.74) is -0.134. The van der Waals surface area contributed by atoms with E-state index in [1.165, 1.54) is 22.0 Å². The minimum absolute atomic E-state index is 0.0391. The first kappa shape index (κ1) is 20.4. The van der Waals surface area contributed by atoms with Gasteiger partial charge in [0.15, 0.2) is 0 Å². The third-order valence-electron chi connectivity index (χ3n) is 4.66. The topological polar surface area (TPSA) is 147 Å². The van der Waals surface area contributed by atoms with Gasteiger partial charge in [-0.1, -0.05) is 0 Å². The standard InChI is InChI=1S/C17H22N4O6S/c1-7-4-12(22)20-17(26)21(7)5-11-14(24)13(23)10(6-27-11)19-16(25)15-8(2)18-9(3)28-15/h4,10-11,13-14,23-24H,5-6H2,1-3H3,(H,19,25)(H,20,22,26)/t10-,11-,13+,14-/m1/s1. The fraction of sp³-hybridized carbons (Fsp3) is 0.529. The molecule has 0 saturated carbocycles. The van der Waals surface area contributed by atoms with Crippen LogP contribution in [0.5, 0.6) is 0 Å². The number of hydrogen-bond acceptors (Lipinski definition) is 8. The number of nitrogens with zero attached hydrogens (tertiary/aromatic N) is 2. The molecule has 1 fully saturated rings. The van der Waals surface area contributed by atoms with Crippen molar-refractivity contribution in [1.82, 2.24) is 19.9 Å². The van der Waals surface area contributed by atoms with E-state index in [1.54, 1.807) is 20.8 Å². The van der Waals surface area contributed by atoms with Crippen LogP contribution in [0.2, 0.25) is 0 Å². The minimum atomic E-state index is -1.33. The van der Waals surface area contributed by atoms with Crippen LogP contribution in [0.1, 0.15) is 26.1 Å². The Bertz CT molecular complexity index is 996. The van der Waals surface area contributed by atoms with E-state index in [4.69, 9.17) is 4.74 Å². The number of ether oxygens (including phenoxy) is 1. The number of hydrogen-bond donors (Lipinski definition) is 4. The first-order valence-electron chi connectivity index (χ1n) is 8.70. The van der Waals surface area contributed by atoms with Gasteiger partial charge >= 0.3 is 5.69 Å². The van der Waals surface area contributed by atoms with E-state index in [1.807, 2.05) is 0 Å². The Balaban J connectivity index is 1.69. The number of aliphatic hydroxyl groups excluding tert-OH is 2. The van der Waals surface area contributed by atoms with Crippen molar-refractivity contribution in [3.8, 4) is 0 Å². The number of aryl methyl sites for hydroxylation is 3. The van der Waals surface area contributed by atoms with Crippen LogP contribution in [0, 0.1) is 20.8 Å². The van der Waals surface area contributed by atoms with Gasteiger partial charge in [-0.05, 0) is 20.8 Å². The number of aliphatic hydroxyl groups is 2. The Morgan fingerprint density at radius 2 is 2.07 bits per heavy atom. The lowest BCUT2D eigenvalue weighted by molar-refractivity contribution is -0.152. The maximum absolute atomic E-state index is 12.4. The van der Waals surface area contributed by atoms with Crippen LogP contribution >= 0.6 is 11.3 Å². The molecule has 0 bridgehead atoms. The first-order valence-corrected chi connectivity index (χ1v) is 9.52. The molecule has 0 radical (unpaired) electrons. The molecule has 0 aliphatic carbocycles. The van der Waals surface area contributed by atoms with Crippen molar-refractivity contribution in [3.63, 3.8) is 0 Å². The first-order chi connectivity index (χ1) is 13.2. The van der Waals surface area contributed by atoms with E-state index in [2.05, 4.69) is 15.3 Å². The molecule has 0 aromatic carbocycles. The Kier molecular flexibility index (Phi) is 5.79. The molecule has 1 amide bonds. The third-order valence-corrected chi connectivity index (χ3v) is 5.73. The van der Waals surface area contributed by atoms with Crippen molar-refractivity contribution >= 4 is 17.2 Å². The molecule has 2 aromatic rings. The number of rotatable bonds is 4. The summed E-state index contributed by atoms with van der Waals surface area (Å²) >= 11 is 1.24. The van der Waals surface area contributed by atoms with Crippen LogP contribution in [-0.4, -0.2) is 61.6 Å². The van der Waals surface area contributed by atoms with Gasteiger partial charge in [-0.2, -0.15) is 0 Å². The van der Waals surface area contributed by atoms with Crippen molar-refractivity contribution in [2.24, 2.45) is 0 Å². The molecular weight excluding hydrogens is 388 g/mol. The van der Waals surface area contributed by atoms with Gasteiger partial charge in [0, 0.05) is 11.8 Å². The van der Waals surface area contributed by atoms with E-state index >= 15 is 0 Å². The highest BCUT2D eigenvalue weighted by molar-refractivity contribution is 7.13. The summed E-state index contributed by atoms with van der Waals surface area (Å²) in [7, 11) is 0. The normalized spacial score (nSPS) is 24.9. The Morgan fingerprint density at radius 1 is 1.36 bits per heavy atom. The van der Waals surface area contributed by atoms with Crippen molar-refractivity contribution in [3.05, 3.63) is 48.2 Å². The Labute approximate surface area is 163 Å². The summed E-state index contributed by atoms with van der Waals surface area (Å²) in [6.45, 7) is 5.02. The van der Waals surface area contributed by atoms with Gasteiger partial charge in [0.2, 0.25) is 0 Å². The lowest BCUT2D eigenvalue weighted by atomic mass is 9.97. The predicted molar refractivity (Wildman–Crippen MR) is 101 cm³/mol. The molecule has 152 valence electrons. The molecule has 10 nitrogen and oxygen atoms in total. The van der Waals surface area contributed by atoms with Crippen molar-refractivity contribution < 1.29 is 19.7 Å². The van der Waals surface area contributed by atoms with Gasteiger partial charge in [-0.25, -0.2) is 9.78 Å². The van der Waals surface area contributed by atoms with Crippen LogP contribution in [0.3, 0.4) is 0 Å². The van der Waals surface area contributed by atoms with Crippen LogP contribution in [0.15, 0.2) is 15.7 Å². The molecule has 11 heteroatoms. The lowest BCUT2D eigenvalue weighted by Crippen LogP contribution is -2.60. The van der Waals surface area contributed by atoms with E-state index in [0.717, 1.165) is 5.01 Å². The van der Waals surface area contributed by atoms with E-state index in [9.17, 15) is 24.6 Å². The highest BCUT2D eigenvalue weighted by Gasteiger charge is 2.39. The largest absolute Gasteiger partial charge is 0.388 e. The smallest absolute Gasteiger partial charge is 0.328 e. The molecule has 1 saturated heterocycles. The summed E-state index contributed by atoms with van der Waals surface area (Å²) in [5, 5.41) is 24.3. The summed E-state index contributed by atoms with van der Waals surface area (Å²) in [6.07, 6.45) is -3.49.